The van der Waals surface area contributed by atoms with E-state index in [-0.39, 0.29) is 12.3 Å². The number of aromatic amines is 1. The largest absolute Gasteiger partial charge is 0.352 e. The van der Waals surface area contributed by atoms with Gasteiger partial charge in [-0.3, -0.25) is 4.79 Å². The lowest BCUT2D eigenvalue weighted by Crippen LogP contribution is -2.13. The molecule has 0 aliphatic carbocycles. The molecule has 14 heavy (non-hydrogen) atoms. The zero-order valence-electron chi connectivity index (χ0n) is 7.38. The maximum Gasteiger partial charge on any atom is 0.192 e. The molecule has 4 heteroatoms. The summed E-state index contributed by atoms with van der Waals surface area (Å²) in [5.41, 5.74) is 6.79. The molecule has 0 atom stereocenters. The number of nitrogens with one attached hydrogen (secondary N) is 1. The summed E-state index contributed by atoms with van der Waals surface area (Å²) in [5.74, 6) is -0.0719. The monoisotopic (exact) mass is 252 g/mol. The van der Waals surface area contributed by atoms with E-state index in [0.29, 0.717) is 5.69 Å². The van der Waals surface area contributed by atoms with Gasteiger partial charge in [0.15, 0.2) is 5.78 Å². The lowest BCUT2D eigenvalue weighted by atomic mass is 10.2. The highest BCUT2D eigenvalue weighted by Crippen LogP contribution is 2.20. The second-order valence-electron chi connectivity index (χ2n) is 3.04. The fraction of sp³-hybridized carbons (Fsp3) is 0.100. The number of benzene rings is 1. The van der Waals surface area contributed by atoms with Crippen molar-refractivity contribution in [3.8, 4) is 0 Å². The van der Waals surface area contributed by atoms with Crippen LogP contribution in [0.25, 0.3) is 10.9 Å². The quantitative estimate of drug-likeness (QED) is 0.805. The molecule has 0 amide bonds. The number of hydrogen-bond acceptors (Lipinski definition) is 2. The second kappa shape index (κ2) is 3.55. The van der Waals surface area contributed by atoms with E-state index in [1.54, 1.807) is 0 Å². The molecule has 0 unspecified atom stereocenters. The van der Waals surface area contributed by atoms with Crippen LogP contribution in [0.15, 0.2) is 28.7 Å². The lowest BCUT2D eigenvalue weighted by Gasteiger charge is -1.90. The zero-order chi connectivity index (χ0) is 10.1. The van der Waals surface area contributed by atoms with Crippen LogP contribution in [0, 0.1) is 0 Å². The van der Waals surface area contributed by atoms with Crippen LogP contribution >= 0.6 is 15.9 Å². The molecule has 0 spiro atoms. The van der Waals surface area contributed by atoms with Gasteiger partial charge in [0.1, 0.15) is 0 Å². The summed E-state index contributed by atoms with van der Waals surface area (Å²) in [5, 5.41) is 1.02. The average Bonchev–Trinajstić information content (AvgIpc) is 2.59. The summed E-state index contributed by atoms with van der Waals surface area (Å²) in [7, 11) is 0. The molecule has 0 aliphatic heterocycles. The third-order valence-corrected chi connectivity index (χ3v) is 2.56. The van der Waals surface area contributed by atoms with Gasteiger partial charge in [-0.1, -0.05) is 22.0 Å². The Labute approximate surface area is 89.4 Å². The molecule has 3 nitrogen and oxygen atoms in total. The molecular formula is C10H9BrN2O. The minimum absolute atomic E-state index is 0.0357. The highest BCUT2D eigenvalue weighted by atomic mass is 79.9. The fourth-order valence-corrected chi connectivity index (χ4v) is 1.72. The maximum absolute atomic E-state index is 11.3. The van der Waals surface area contributed by atoms with Crippen molar-refractivity contribution < 1.29 is 4.79 Å². The van der Waals surface area contributed by atoms with Gasteiger partial charge in [-0.2, -0.15) is 0 Å². The van der Waals surface area contributed by atoms with Crippen molar-refractivity contribution in [3.63, 3.8) is 0 Å². The van der Waals surface area contributed by atoms with E-state index >= 15 is 0 Å². The van der Waals surface area contributed by atoms with Crippen LogP contribution in [0.2, 0.25) is 0 Å². The number of halogens is 1. The first-order valence-electron chi connectivity index (χ1n) is 4.22. The molecular weight excluding hydrogens is 244 g/mol. The third kappa shape index (κ3) is 1.58. The van der Waals surface area contributed by atoms with Crippen LogP contribution in [0.5, 0.6) is 0 Å². The highest BCUT2D eigenvalue weighted by molar-refractivity contribution is 9.10. The highest BCUT2D eigenvalue weighted by Gasteiger charge is 2.07. The number of carbonyl (C=O) groups excluding carboxylic acids is 1. The van der Waals surface area contributed by atoms with Gasteiger partial charge in [0.2, 0.25) is 0 Å². The van der Waals surface area contributed by atoms with Crippen molar-refractivity contribution in [1.82, 2.24) is 4.98 Å². The zero-order valence-corrected chi connectivity index (χ0v) is 8.97. The SMILES string of the molecule is NCC(=O)c1cc2ccc(Br)cc2[nH]1. The number of hydrogen-bond donors (Lipinski definition) is 2. The first-order chi connectivity index (χ1) is 6.70. The number of rotatable bonds is 2. The van der Waals surface area contributed by atoms with E-state index in [2.05, 4.69) is 20.9 Å². The van der Waals surface area contributed by atoms with E-state index < -0.39 is 0 Å². The van der Waals surface area contributed by atoms with Crippen LogP contribution in [-0.2, 0) is 0 Å². The standard InChI is InChI=1S/C10H9BrN2O/c11-7-2-1-6-3-9(10(14)5-12)13-8(6)4-7/h1-4,13H,5,12H2. The van der Waals surface area contributed by atoms with Crippen LogP contribution in [0.1, 0.15) is 10.5 Å². The number of H-pyrrole nitrogens is 1. The Morgan fingerprint density at radius 2 is 2.21 bits per heavy atom. The minimum Gasteiger partial charge on any atom is -0.352 e. The minimum atomic E-state index is -0.0719. The number of ketones is 1. The molecule has 0 aliphatic rings. The number of fused-ring (bicyclic) bond motifs is 1. The van der Waals surface area contributed by atoms with Crippen molar-refractivity contribution in [2.24, 2.45) is 5.73 Å². The number of Topliss-reactive ketones (excluding diaryl/α,β-unsaturated/α-hetero) is 1. The number of carbonyl (C=O) groups is 1. The van der Waals surface area contributed by atoms with Crippen molar-refractivity contribution in [2.45, 2.75) is 0 Å². The molecule has 0 fully saturated rings. The van der Waals surface area contributed by atoms with Gasteiger partial charge in [0.05, 0.1) is 12.2 Å². The van der Waals surface area contributed by atoms with Gasteiger partial charge in [0.25, 0.3) is 0 Å². The topological polar surface area (TPSA) is 58.9 Å². The van der Waals surface area contributed by atoms with Crippen LogP contribution in [-0.4, -0.2) is 17.3 Å². The molecule has 2 aromatic rings. The van der Waals surface area contributed by atoms with Crippen molar-refractivity contribution in [1.29, 1.82) is 0 Å². The van der Waals surface area contributed by atoms with Gasteiger partial charge < -0.3 is 10.7 Å². The van der Waals surface area contributed by atoms with E-state index in [0.717, 1.165) is 15.4 Å². The van der Waals surface area contributed by atoms with Crippen LogP contribution < -0.4 is 5.73 Å². The molecule has 0 saturated heterocycles. The first kappa shape index (κ1) is 9.43. The fourth-order valence-electron chi connectivity index (χ4n) is 1.36. The number of aromatic nitrogens is 1. The summed E-state index contributed by atoms with van der Waals surface area (Å²) < 4.78 is 0.985. The van der Waals surface area contributed by atoms with Crippen LogP contribution in [0.3, 0.4) is 0 Å². The van der Waals surface area contributed by atoms with Gasteiger partial charge in [-0.15, -0.1) is 0 Å². The smallest absolute Gasteiger partial charge is 0.192 e. The van der Waals surface area contributed by atoms with Gasteiger partial charge >= 0.3 is 0 Å². The lowest BCUT2D eigenvalue weighted by molar-refractivity contribution is 0.0997. The predicted octanol–water partition coefficient (Wildman–Crippen LogP) is 2.07. The van der Waals surface area contributed by atoms with Gasteiger partial charge in [-0.25, -0.2) is 0 Å². The molecule has 72 valence electrons. The number of nitrogens with two attached hydrogens (primary N) is 1. The Hall–Kier alpha value is -1.13. The third-order valence-electron chi connectivity index (χ3n) is 2.07. The molecule has 1 aromatic heterocycles. The maximum atomic E-state index is 11.3. The Morgan fingerprint density at radius 1 is 1.43 bits per heavy atom. The van der Waals surface area contributed by atoms with E-state index in [4.69, 9.17) is 5.73 Å². The Morgan fingerprint density at radius 3 is 2.93 bits per heavy atom. The van der Waals surface area contributed by atoms with Crippen molar-refractivity contribution in [3.05, 3.63) is 34.4 Å². The summed E-state index contributed by atoms with van der Waals surface area (Å²) in [6.07, 6.45) is 0. The van der Waals surface area contributed by atoms with E-state index in [9.17, 15) is 4.79 Å². The molecule has 3 N–H and O–H groups in total. The average molecular weight is 253 g/mol. The predicted molar refractivity (Wildman–Crippen MR) is 59.4 cm³/mol. The summed E-state index contributed by atoms with van der Waals surface area (Å²) in [4.78, 5) is 14.3. The molecule has 1 aromatic carbocycles. The Balaban J connectivity index is 2.56. The normalized spacial score (nSPS) is 10.7. The first-order valence-corrected chi connectivity index (χ1v) is 5.01. The summed E-state index contributed by atoms with van der Waals surface area (Å²) in [6.45, 7) is 0.0357. The summed E-state index contributed by atoms with van der Waals surface area (Å²) in [6, 6.07) is 7.63. The van der Waals surface area contributed by atoms with Crippen molar-refractivity contribution >= 4 is 32.6 Å². The van der Waals surface area contributed by atoms with E-state index in [1.807, 2.05) is 24.3 Å². The Kier molecular flexibility index (Phi) is 2.39. The second-order valence-corrected chi connectivity index (χ2v) is 3.96. The molecule has 0 radical (unpaired) electrons. The molecule has 2 rings (SSSR count). The van der Waals surface area contributed by atoms with Crippen molar-refractivity contribution in [2.75, 3.05) is 6.54 Å². The van der Waals surface area contributed by atoms with E-state index in [1.165, 1.54) is 0 Å². The molecule has 1 heterocycles. The Bertz CT molecular complexity index is 490. The van der Waals surface area contributed by atoms with Gasteiger partial charge in [0, 0.05) is 15.4 Å². The van der Waals surface area contributed by atoms with Gasteiger partial charge in [-0.05, 0) is 18.2 Å². The van der Waals surface area contributed by atoms with Crippen LogP contribution in [0.4, 0.5) is 0 Å². The molecule has 0 bridgehead atoms. The molecule has 0 saturated carbocycles. The summed E-state index contributed by atoms with van der Waals surface area (Å²) >= 11 is 3.37.